The molecule has 1 heterocycles. The van der Waals surface area contributed by atoms with E-state index in [2.05, 4.69) is 10.6 Å². The van der Waals surface area contributed by atoms with Gasteiger partial charge in [-0.2, -0.15) is 0 Å². The summed E-state index contributed by atoms with van der Waals surface area (Å²) in [4.78, 5) is 23.2. The molecule has 1 aromatic carbocycles. The zero-order chi connectivity index (χ0) is 14.0. The van der Waals surface area contributed by atoms with Gasteiger partial charge in [0.2, 0.25) is 5.91 Å². The molecule has 0 spiro atoms. The molecular formula is C14H19N3O2. The zero-order valence-electron chi connectivity index (χ0n) is 11.2. The SMILES string of the molecule is CC(C)(CNC(=O)c1ccc2c(c1)NCC2)C(N)=O. The number of benzene rings is 1. The molecule has 19 heavy (non-hydrogen) atoms. The third-order valence-electron chi connectivity index (χ3n) is 3.44. The lowest BCUT2D eigenvalue weighted by Crippen LogP contribution is -2.42. The molecule has 102 valence electrons. The Balaban J connectivity index is 2.03. The van der Waals surface area contributed by atoms with E-state index in [1.54, 1.807) is 19.9 Å². The number of carbonyl (C=O) groups is 2. The van der Waals surface area contributed by atoms with Gasteiger partial charge in [0, 0.05) is 24.3 Å². The molecule has 2 amide bonds. The van der Waals surface area contributed by atoms with E-state index in [4.69, 9.17) is 5.73 Å². The van der Waals surface area contributed by atoms with E-state index in [0.29, 0.717) is 5.56 Å². The smallest absolute Gasteiger partial charge is 0.251 e. The van der Waals surface area contributed by atoms with Crippen LogP contribution in [0.2, 0.25) is 0 Å². The first kappa shape index (κ1) is 13.4. The van der Waals surface area contributed by atoms with Crippen LogP contribution in [0.1, 0.15) is 29.8 Å². The van der Waals surface area contributed by atoms with Crippen molar-refractivity contribution >= 4 is 17.5 Å². The first-order chi connectivity index (χ1) is 8.90. The summed E-state index contributed by atoms with van der Waals surface area (Å²) in [6.07, 6.45) is 0.992. The van der Waals surface area contributed by atoms with Gasteiger partial charge in [0.05, 0.1) is 5.41 Å². The van der Waals surface area contributed by atoms with Gasteiger partial charge >= 0.3 is 0 Å². The van der Waals surface area contributed by atoms with Crippen LogP contribution in [-0.2, 0) is 11.2 Å². The van der Waals surface area contributed by atoms with E-state index < -0.39 is 11.3 Å². The first-order valence-electron chi connectivity index (χ1n) is 6.35. The molecule has 1 aliphatic heterocycles. The van der Waals surface area contributed by atoms with Gasteiger partial charge in [0.1, 0.15) is 0 Å². The molecule has 2 rings (SSSR count). The number of nitrogens with one attached hydrogen (secondary N) is 2. The third kappa shape index (κ3) is 2.86. The minimum Gasteiger partial charge on any atom is -0.384 e. The van der Waals surface area contributed by atoms with Crippen LogP contribution in [-0.4, -0.2) is 24.9 Å². The lowest BCUT2D eigenvalue weighted by molar-refractivity contribution is -0.125. The summed E-state index contributed by atoms with van der Waals surface area (Å²) in [6.45, 7) is 4.56. The summed E-state index contributed by atoms with van der Waals surface area (Å²) >= 11 is 0. The van der Waals surface area contributed by atoms with Crippen LogP contribution in [0.25, 0.3) is 0 Å². The van der Waals surface area contributed by atoms with Crippen molar-refractivity contribution in [2.45, 2.75) is 20.3 Å². The van der Waals surface area contributed by atoms with Gasteiger partial charge in [-0.15, -0.1) is 0 Å². The summed E-state index contributed by atoms with van der Waals surface area (Å²) in [7, 11) is 0. The molecule has 0 aromatic heterocycles. The molecule has 5 heteroatoms. The number of hydrogen-bond acceptors (Lipinski definition) is 3. The first-order valence-corrected chi connectivity index (χ1v) is 6.35. The lowest BCUT2D eigenvalue weighted by atomic mass is 9.92. The molecule has 1 aromatic rings. The number of amides is 2. The number of hydrogen-bond donors (Lipinski definition) is 3. The van der Waals surface area contributed by atoms with Crippen LogP contribution >= 0.6 is 0 Å². The molecule has 0 unspecified atom stereocenters. The highest BCUT2D eigenvalue weighted by Gasteiger charge is 2.25. The predicted octanol–water partition coefficient (Wildman–Crippen LogP) is 0.896. The number of rotatable bonds is 4. The highest BCUT2D eigenvalue weighted by atomic mass is 16.2. The normalized spacial score (nSPS) is 13.6. The Morgan fingerprint density at radius 3 is 2.84 bits per heavy atom. The second kappa shape index (κ2) is 4.91. The fourth-order valence-corrected chi connectivity index (χ4v) is 1.92. The van der Waals surface area contributed by atoms with Gasteiger partial charge in [-0.1, -0.05) is 6.07 Å². The maximum absolute atomic E-state index is 12.0. The maximum Gasteiger partial charge on any atom is 0.251 e. The van der Waals surface area contributed by atoms with Crippen LogP contribution in [0.15, 0.2) is 18.2 Å². The van der Waals surface area contributed by atoms with Crippen molar-refractivity contribution in [3.05, 3.63) is 29.3 Å². The average Bonchev–Trinajstić information content (AvgIpc) is 2.82. The van der Waals surface area contributed by atoms with E-state index in [-0.39, 0.29) is 12.5 Å². The fraction of sp³-hybridized carbons (Fsp3) is 0.429. The Morgan fingerprint density at radius 1 is 1.42 bits per heavy atom. The Morgan fingerprint density at radius 2 is 2.16 bits per heavy atom. The number of fused-ring (bicyclic) bond motifs is 1. The number of carbonyl (C=O) groups excluding carboxylic acids is 2. The van der Waals surface area contributed by atoms with E-state index in [1.165, 1.54) is 5.56 Å². The van der Waals surface area contributed by atoms with Crippen molar-refractivity contribution in [2.24, 2.45) is 11.1 Å². The van der Waals surface area contributed by atoms with Crippen molar-refractivity contribution in [1.82, 2.24) is 5.32 Å². The summed E-state index contributed by atoms with van der Waals surface area (Å²) in [5, 5.41) is 5.98. The quantitative estimate of drug-likeness (QED) is 0.752. The van der Waals surface area contributed by atoms with E-state index in [0.717, 1.165) is 18.7 Å². The minimum atomic E-state index is -0.745. The van der Waals surface area contributed by atoms with Crippen LogP contribution in [0.5, 0.6) is 0 Å². The number of anilines is 1. The monoisotopic (exact) mass is 261 g/mol. The van der Waals surface area contributed by atoms with Gasteiger partial charge in [-0.25, -0.2) is 0 Å². The standard InChI is InChI=1S/C14H19N3O2/c1-14(2,13(15)19)8-17-12(18)10-4-3-9-5-6-16-11(9)7-10/h3-4,7,16H,5-6,8H2,1-2H3,(H2,15,19)(H,17,18). The Bertz CT molecular complexity index is 523. The largest absolute Gasteiger partial charge is 0.384 e. The second-order valence-electron chi connectivity index (χ2n) is 5.48. The van der Waals surface area contributed by atoms with Crippen molar-refractivity contribution < 1.29 is 9.59 Å². The molecular weight excluding hydrogens is 242 g/mol. The molecule has 0 saturated carbocycles. The minimum absolute atomic E-state index is 0.189. The Kier molecular flexibility index (Phi) is 3.46. The van der Waals surface area contributed by atoms with Gasteiger partial charge < -0.3 is 16.4 Å². The van der Waals surface area contributed by atoms with Crippen molar-refractivity contribution in [3.8, 4) is 0 Å². The van der Waals surface area contributed by atoms with Gasteiger partial charge in [0.25, 0.3) is 5.91 Å². The molecule has 0 saturated heterocycles. The third-order valence-corrected chi connectivity index (χ3v) is 3.44. The van der Waals surface area contributed by atoms with Crippen LogP contribution in [0.3, 0.4) is 0 Å². The van der Waals surface area contributed by atoms with E-state index in [1.807, 2.05) is 12.1 Å². The van der Waals surface area contributed by atoms with E-state index >= 15 is 0 Å². The van der Waals surface area contributed by atoms with Crippen LogP contribution in [0, 0.1) is 5.41 Å². The molecule has 1 aliphatic rings. The fourth-order valence-electron chi connectivity index (χ4n) is 1.92. The van der Waals surface area contributed by atoms with Crippen molar-refractivity contribution in [3.63, 3.8) is 0 Å². The van der Waals surface area contributed by atoms with E-state index in [9.17, 15) is 9.59 Å². The summed E-state index contributed by atoms with van der Waals surface area (Å²) < 4.78 is 0. The Hall–Kier alpha value is -2.04. The molecule has 5 nitrogen and oxygen atoms in total. The highest BCUT2D eigenvalue weighted by molar-refractivity contribution is 5.96. The average molecular weight is 261 g/mol. The maximum atomic E-state index is 12.0. The predicted molar refractivity (Wildman–Crippen MR) is 73.9 cm³/mol. The summed E-state index contributed by atoms with van der Waals surface area (Å²) in [5.74, 6) is -0.616. The van der Waals surface area contributed by atoms with Crippen LogP contribution in [0.4, 0.5) is 5.69 Å². The molecule has 0 fully saturated rings. The van der Waals surface area contributed by atoms with Crippen molar-refractivity contribution in [1.29, 1.82) is 0 Å². The molecule has 0 aliphatic carbocycles. The highest BCUT2D eigenvalue weighted by Crippen LogP contribution is 2.23. The number of primary amides is 1. The summed E-state index contributed by atoms with van der Waals surface area (Å²) in [5.41, 5.74) is 7.36. The van der Waals surface area contributed by atoms with Gasteiger partial charge in [-0.05, 0) is 38.0 Å². The van der Waals surface area contributed by atoms with Crippen molar-refractivity contribution in [2.75, 3.05) is 18.4 Å². The molecule has 0 bridgehead atoms. The topological polar surface area (TPSA) is 84.2 Å². The second-order valence-corrected chi connectivity index (χ2v) is 5.48. The lowest BCUT2D eigenvalue weighted by Gasteiger charge is -2.20. The Labute approximate surface area is 112 Å². The molecule has 0 atom stereocenters. The van der Waals surface area contributed by atoms with Gasteiger partial charge in [-0.3, -0.25) is 9.59 Å². The zero-order valence-corrected chi connectivity index (χ0v) is 11.2. The van der Waals surface area contributed by atoms with Gasteiger partial charge in [0.15, 0.2) is 0 Å². The molecule has 4 N–H and O–H groups in total. The summed E-state index contributed by atoms with van der Waals surface area (Å²) in [6, 6.07) is 5.61. The van der Waals surface area contributed by atoms with Crippen LogP contribution < -0.4 is 16.4 Å². The molecule has 0 radical (unpaired) electrons. The number of nitrogens with two attached hydrogens (primary N) is 1.